The minimum Gasteiger partial charge on any atom is -0.325 e. The Labute approximate surface area is 150 Å². The molecular formula is C17H19ClN4OS. The maximum absolute atomic E-state index is 12.2. The van der Waals surface area contributed by atoms with Gasteiger partial charge in [-0.2, -0.15) is 0 Å². The molecule has 1 aliphatic rings. The molecule has 1 aromatic carbocycles. The molecule has 1 unspecified atom stereocenters. The number of amides is 1. The number of halogens is 1. The molecule has 5 nitrogen and oxygen atoms in total. The summed E-state index contributed by atoms with van der Waals surface area (Å²) >= 11 is 1.62. The van der Waals surface area contributed by atoms with Gasteiger partial charge in [0, 0.05) is 29.0 Å². The number of carbonyl (C=O) groups is 1. The van der Waals surface area contributed by atoms with Crippen LogP contribution in [0.15, 0.2) is 42.0 Å². The Morgan fingerprint density at radius 3 is 2.83 bits per heavy atom. The summed E-state index contributed by atoms with van der Waals surface area (Å²) in [6.45, 7) is 0.925. The summed E-state index contributed by atoms with van der Waals surface area (Å²) in [5, 5.41) is 8.27. The molecule has 1 saturated heterocycles. The number of hydrogen-bond donors (Lipinski definition) is 2. The molecule has 0 saturated carbocycles. The molecule has 0 radical (unpaired) electrons. The first-order valence-corrected chi connectivity index (χ1v) is 8.74. The lowest BCUT2D eigenvalue weighted by atomic mass is 10.0. The van der Waals surface area contributed by atoms with Crippen molar-refractivity contribution in [1.82, 2.24) is 14.7 Å². The number of anilines is 1. The zero-order valence-corrected chi connectivity index (χ0v) is 14.7. The Morgan fingerprint density at radius 2 is 2.12 bits per heavy atom. The molecule has 1 fully saturated rings. The summed E-state index contributed by atoms with van der Waals surface area (Å²) in [5.74, 6) is 0.0555. The minimum absolute atomic E-state index is 0. The van der Waals surface area contributed by atoms with E-state index in [4.69, 9.17) is 0 Å². The molecule has 24 heavy (non-hydrogen) atoms. The zero-order chi connectivity index (χ0) is 15.6. The molecule has 1 aliphatic heterocycles. The van der Waals surface area contributed by atoms with E-state index in [0.29, 0.717) is 0 Å². The summed E-state index contributed by atoms with van der Waals surface area (Å²) in [7, 11) is 0. The summed E-state index contributed by atoms with van der Waals surface area (Å²) in [4.78, 5) is 17.8. The molecule has 3 aromatic rings. The van der Waals surface area contributed by atoms with Gasteiger partial charge in [-0.1, -0.05) is 18.6 Å². The Hall–Kier alpha value is -1.89. The third kappa shape index (κ3) is 3.45. The van der Waals surface area contributed by atoms with Crippen LogP contribution in [-0.2, 0) is 4.79 Å². The summed E-state index contributed by atoms with van der Waals surface area (Å²) in [6.07, 6.45) is 7.20. The van der Waals surface area contributed by atoms with Gasteiger partial charge in [0.05, 0.1) is 11.7 Å². The van der Waals surface area contributed by atoms with Gasteiger partial charge >= 0.3 is 0 Å². The molecular weight excluding hydrogens is 344 g/mol. The monoisotopic (exact) mass is 362 g/mol. The fourth-order valence-electron chi connectivity index (χ4n) is 2.90. The standard InChI is InChI=1S/C17H18N4OS.ClH/c22-16(14-3-1-2-8-18-14)19-13-6-4-12(5-7-13)15-11-21-9-10-23-17(21)20-15;/h4-7,9-11,14,18H,1-3,8H2,(H,19,22);1H. The van der Waals surface area contributed by atoms with E-state index >= 15 is 0 Å². The first kappa shape index (κ1) is 17.0. The van der Waals surface area contributed by atoms with Crippen LogP contribution in [0.4, 0.5) is 5.69 Å². The lowest BCUT2D eigenvalue weighted by Crippen LogP contribution is -2.43. The SMILES string of the molecule is Cl.O=C(Nc1ccc(-c2cn3ccsc3n2)cc1)C1CCCCN1. The average Bonchev–Trinajstić information content (AvgIpc) is 3.18. The second-order valence-corrected chi connectivity index (χ2v) is 6.66. The van der Waals surface area contributed by atoms with Crippen molar-refractivity contribution in [1.29, 1.82) is 0 Å². The van der Waals surface area contributed by atoms with Gasteiger partial charge in [0.2, 0.25) is 5.91 Å². The normalized spacial score (nSPS) is 17.4. The highest BCUT2D eigenvalue weighted by Crippen LogP contribution is 2.23. The van der Waals surface area contributed by atoms with Crippen LogP contribution >= 0.6 is 23.7 Å². The highest BCUT2D eigenvalue weighted by atomic mass is 35.5. The van der Waals surface area contributed by atoms with Crippen LogP contribution in [-0.4, -0.2) is 27.9 Å². The predicted octanol–water partition coefficient (Wildman–Crippen LogP) is 3.57. The van der Waals surface area contributed by atoms with Crippen molar-refractivity contribution in [3.8, 4) is 11.3 Å². The largest absolute Gasteiger partial charge is 0.325 e. The highest BCUT2D eigenvalue weighted by molar-refractivity contribution is 7.15. The molecule has 126 valence electrons. The van der Waals surface area contributed by atoms with Crippen LogP contribution in [0.2, 0.25) is 0 Å². The number of benzene rings is 1. The molecule has 0 spiro atoms. The van der Waals surface area contributed by atoms with Crippen LogP contribution < -0.4 is 10.6 Å². The Balaban J connectivity index is 0.00000169. The Bertz CT molecular complexity index is 792. The molecule has 2 aromatic heterocycles. The number of piperidine rings is 1. The van der Waals surface area contributed by atoms with E-state index < -0.39 is 0 Å². The van der Waals surface area contributed by atoms with Gasteiger partial charge in [-0.25, -0.2) is 4.98 Å². The molecule has 0 aliphatic carbocycles. The van der Waals surface area contributed by atoms with Gasteiger partial charge in [0.15, 0.2) is 4.96 Å². The van der Waals surface area contributed by atoms with Gasteiger partial charge in [-0.05, 0) is 31.5 Å². The maximum Gasteiger partial charge on any atom is 0.241 e. The topological polar surface area (TPSA) is 58.4 Å². The number of nitrogens with one attached hydrogen (secondary N) is 2. The van der Waals surface area contributed by atoms with E-state index in [1.807, 2.05) is 46.4 Å². The zero-order valence-electron chi connectivity index (χ0n) is 13.1. The van der Waals surface area contributed by atoms with Crippen molar-refractivity contribution in [2.75, 3.05) is 11.9 Å². The molecule has 1 amide bonds. The average molecular weight is 363 g/mol. The minimum atomic E-state index is -0.0663. The molecule has 2 N–H and O–H groups in total. The Kier molecular flexibility index (Phi) is 5.18. The third-order valence-corrected chi connectivity index (χ3v) is 4.94. The first-order valence-electron chi connectivity index (χ1n) is 7.86. The van der Waals surface area contributed by atoms with Crippen LogP contribution in [0.3, 0.4) is 0 Å². The number of thiazole rings is 1. The summed E-state index contributed by atoms with van der Waals surface area (Å²) in [5.41, 5.74) is 2.82. The van der Waals surface area contributed by atoms with E-state index in [2.05, 4.69) is 15.6 Å². The molecule has 3 heterocycles. The fraction of sp³-hybridized carbons (Fsp3) is 0.294. The maximum atomic E-state index is 12.2. The highest BCUT2D eigenvalue weighted by Gasteiger charge is 2.20. The lowest BCUT2D eigenvalue weighted by molar-refractivity contribution is -0.118. The van der Waals surface area contributed by atoms with E-state index in [0.717, 1.165) is 47.7 Å². The van der Waals surface area contributed by atoms with E-state index in [-0.39, 0.29) is 24.4 Å². The number of carbonyl (C=O) groups excluding carboxylic acids is 1. The smallest absolute Gasteiger partial charge is 0.241 e. The van der Waals surface area contributed by atoms with Crippen molar-refractivity contribution >= 4 is 40.3 Å². The van der Waals surface area contributed by atoms with E-state index in [9.17, 15) is 4.79 Å². The van der Waals surface area contributed by atoms with Crippen molar-refractivity contribution in [3.63, 3.8) is 0 Å². The van der Waals surface area contributed by atoms with Crippen LogP contribution in [0.5, 0.6) is 0 Å². The van der Waals surface area contributed by atoms with Crippen molar-refractivity contribution < 1.29 is 4.79 Å². The number of nitrogens with zero attached hydrogens (tertiary/aromatic N) is 2. The predicted molar refractivity (Wildman–Crippen MR) is 100 cm³/mol. The van der Waals surface area contributed by atoms with Gasteiger partial charge in [0.25, 0.3) is 0 Å². The van der Waals surface area contributed by atoms with Crippen LogP contribution in [0.1, 0.15) is 19.3 Å². The lowest BCUT2D eigenvalue weighted by Gasteiger charge is -2.22. The van der Waals surface area contributed by atoms with Gasteiger partial charge in [-0.3, -0.25) is 9.20 Å². The quantitative estimate of drug-likeness (QED) is 0.748. The van der Waals surface area contributed by atoms with E-state index in [1.165, 1.54) is 0 Å². The molecule has 1 atom stereocenters. The number of fused-ring (bicyclic) bond motifs is 1. The number of imidazole rings is 1. The van der Waals surface area contributed by atoms with Crippen molar-refractivity contribution in [3.05, 3.63) is 42.0 Å². The van der Waals surface area contributed by atoms with Crippen LogP contribution in [0.25, 0.3) is 16.2 Å². The Morgan fingerprint density at radius 1 is 1.29 bits per heavy atom. The van der Waals surface area contributed by atoms with Crippen molar-refractivity contribution in [2.45, 2.75) is 25.3 Å². The first-order chi connectivity index (χ1) is 11.3. The second-order valence-electron chi connectivity index (χ2n) is 5.79. The van der Waals surface area contributed by atoms with Gasteiger partial charge in [0.1, 0.15) is 0 Å². The number of hydrogen-bond acceptors (Lipinski definition) is 4. The van der Waals surface area contributed by atoms with Crippen LogP contribution in [0, 0.1) is 0 Å². The number of rotatable bonds is 3. The summed E-state index contributed by atoms with van der Waals surface area (Å²) < 4.78 is 2.02. The summed E-state index contributed by atoms with van der Waals surface area (Å²) in [6, 6.07) is 7.79. The second kappa shape index (κ2) is 7.34. The molecule has 0 bridgehead atoms. The fourth-order valence-corrected chi connectivity index (χ4v) is 3.60. The molecule has 7 heteroatoms. The van der Waals surface area contributed by atoms with Crippen molar-refractivity contribution in [2.24, 2.45) is 0 Å². The van der Waals surface area contributed by atoms with E-state index in [1.54, 1.807) is 11.3 Å². The number of aromatic nitrogens is 2. The molecule has 4 rings (SSSR count). The van der Waals surface area contributed by atoms with Gasteiger partial charge < -0.3 is 10.6 Å². The van der Waals surface area contributed by atoms with Gasteiger partial charge in [-0.15, -0.1) is 23.7 Å². The third-order valence-electron chi connectivity index (χ3n) is 4.17.